The first-order valence-electron chi connectivity index (χ1n) is 8.09. The highest BCUT2D eigenvalue weighted by Gasteiger charge is 2.36. The van der Waals surface area contributed by atoms with Gasteiger partial charge in [0.2, 0.25) is 0 Å². The van der Waals surface area contributed by atoms with Crippen LogP contribution in [-0.4, -0.2) is 27.3 Å². The largest absolute Gasteiger partial charge is 0.480 e. The Kier molecular flexibility index (Phi) is 4.06. The van der Waals surface area contributed by atoms with Crippen LogP contribution in [0.3, 0.4) is 0 Å². The van der Waals surface area contributed by atoms with Crippen LogP contribution in [0.4, 0.5) is 23.2 Å². The average Bonchev–Trinajstić information content (AvgIpc) is 3.06. The highest BCUT2D eigenvalue weighted by atomic mass is 19.4. The van der Waals surface area contributed by atoms with Crippen molar-refractivity contribution in [3.8, 4) is 22.8 Å². The fourth-order valence-electron chi connectivity index (χ4n) is 2.87. The Morgan fingerprint density at radius 1 is 1.21 bits per heavy atom. The number of nitrogens with zero attached hydrogens (tertiary/aromatic N) is 3. The molecule has 10 heteroatoms. The van der Waals surface area contributed by atoms with Gasteiger partial charge in [0.15, 0.2) is 18.1 Å². The monoisotopic (exact) mass is 392 g/mol. The number of anilines is 1. The van der Waals surface area contributed by atoms with Crippen molar-refractivity contribution in [3.63, 3.8) is 0 Å². The standard InChI is InChI=1S/C18H12F4N4O2/c1-9-4-10(19)2-3-13(9)26-14(6-16(25-26)18(20,21)22)11-5-12-15(7-23-11)28-8-17(27)24-12/h2-7H,8H2,1H3,(H,24,27). The van der Waals surface area contributed by atoms with E-state index >= 15 is 0 Å². The van der Waals surface area contributed by atoms with Gasteiger partial charge in [0, 0.05) is 0 Å². The first-order chi connectivity index (χ1) is 13.2. The lowest BCUT2D eigenvalue weighted by Crippen LogP contribution is -2.25. The average molecular weight is 392 g/mol. The number of carbonyl (C=O) groups is 1. The fourth-order valence-corrected chi connectivity index (χ4v) is 2.87. The molecular formula is C18H12F4N4O2. The second-order valence-corrected chi connectivity index (χ2v) is 6.16. The minimum absolute atomic E-state index is 0.0321. The first-order valence-corrected chi connectivity index (χ1v) is 8.09. The van der Waals surface area contributed by atoms with E-state index in [1.54, 1.807) is 6.92 Å². The molecule has 1 aliphatic heterocycles. The molecule has 0 spiro atoms. The summed E-state index contributed by atoms with van der Waals surface area (Å²) < 4.78 is 59.5. The van der Waals surface area contributed by atoms with Gasteiger partial charge < -0.3 is 10.1 Å². The fraction of sp³-hybridized carbons (Fsp3) is 0.167. The molecule has 1 N–H and O–H groups in total. The number of alkyl halides is 3. The van der Waals surface area contributed by atoms with Crippen molar-refractivity contribution in [3.05, 3.63) is 53.6 Å². The second-order valence-electron chi connectivity index (χ2n) is 6.16. The summed E-state index contributed by atoms with van der Waals surface area (Å²) in [6.45, 7) is 1.39. The third-order valence-electron chi connectivity index (χ3n) is 4.15. The molecule has 28 heavy (non-hydrogen) atoms. The van der Waals surface area contributed by atoms with Gasteiger partial charge in [-0.1, -0.05) is 0 Å². The number of halogens is 4. The molecule has 0 bridgehead atoms. The Morgan fingerprint density at radius 2 is 2.00 bits per heavy atom. The van der Waals surface area contributed by atoms with Crippen LogP contribution < -0.4 is 10.1 Å². The minimum Gasteiger partial charge on any atom is -0.480 e. The van der Waals surface area contributed by atoms with Gasteiger partial charge in [-0.3, -0.25) is 9.78 Å². The van der Waals surface area contributed by atoms with E-state index in [1.165, 1.54) is 24.4 Å². The highest BCUT2D eigenvalue weighted by molar-refractivity contribution is 5.95. The molecule has 3 aromatic rings. The molecule has 0 fully saturated rings. The zero-order valence-electron chi connectivity index (χ0n) is 14.3. The Hall–Kier alpha value is -3.43. The lowest BCUT2D eigenvalue weighted by molar-refractivity contribution is -0.141. The quantitative estimate of drug-likeness (QED) is 0.675. The lowest BCUT2D eigenvalue weighted by Gasteiger charge is -2.18. The lowest BCUT2D eigenvalue weighted by atomic mass is 10.1. The van der Waals surface area contributed by atoms with E-state index in [0.29, 0.717) is 17.0 Å². The third kappa shape index (κ3) is 3.17. The maximum Gasteiger partial charge on any atom is 0.435 e. The summed E-state index contributed by atoms with van der Waals surface area (Å²) in [4.78, 5) is 15.7. The molecule has 0 unspecified atom stereocenters. The number of carbonyl (C=O) groups excluding carboxylic acids is 1. The van der Waals surface area contributed by atoms with Gasteiger partial charge >= 0.3 is 6.18 Å². The summed E-state index contributed by atoms with van der Waals surface area (Å²) in [5.41, 5.74) is 0.00438. The van der Waals surface area contributed by atoms with Crippen LogP contribution in [0.1, 0.15) is 11.3 Å². The molecule has 144 valence electrons. The van der Waals surface area contributed by atoms with Crippen LogP contribution >= 0.6 is 0 Å². The number of rotatable bonds is 2. The van der Waals surface area contributed by atoms with Gasteiger partial charge in [-0.25, -0.2) is 9.07 Å². The van der Waals surface area contributed by atoms with Crippen LogP contribution in [0, 0.1) is 12.7 Å². The Balaban J connectivity index is 1.90. The zero-order chi connectivity index (χ0) is 20.1. The molecule has 1 aromatic carbocycles. The number of benzene rings is 1. The molecule has 3 heterocycles. The van der Waals surface area contributed by atoms with Crippen molar-refractivity contribution in [2.45, 2.75) is 13.1 Å². The van der Waals surface area contributed by atoms with E-state index in [-0.39, 0.29) is 29.6 Å². The predicted octanol–water partition coefficient (Wildman–Crippen LogP) is 3.73. The van der Waals surface area contributed by atoms with Crippen LogP contribution in [0.15, 0.2) is 36.5 Å². The maximum absolute atomic E-state index is 13.4. The van der Waals surface area contributed by atoms with E-state index in [2.05, 4.69) is 15.4 Å². The van der Waals surface area contributed by atoms with Gasteiger partial charge in [0.1, 0.15) is 5.82 Å². The number of fused-ring (bicyclic) bond motifs is 1. The molecule has 0 saturated heterocycles. The Morgan fingerprint density at radius 3 is 2.71 bits per heavy atom. The number of aryl methyl sites for hydroxylation is 1. The molecule has 0 radical (unpaired) electrons. The summed E-state index contributed by atoms with van der Waals surface area (Å²) in [5.74, 6) is -0.593. The summed E-state index contributed by atoms with van der Waals surface area (Å²) in [7, 11) is 0. The van der Waals surface area contributed by atoms with Crippen molar-refractivity contribution < 1.29 is 27.1 Å². The maximum atomic E-state index is 13.4. The van der Waals surface area contributed by atoms with Gasteiger partial charge in [-0.05, 0) is 42.8 Å². The van der Waals surface area contributed by atoms with E-state index in [9.17, 15) is 22.4 Å². The minimum atomic E-state index is -4.68. The molecule has 2 aromatic heterocycles. The number of aromatic nitrogens is 3. The molecule has 6 nitrogen and oxygen atoms in total. The van der Waals surface area contributed by atoms with Crippen molar-refractivity contribution in [1.29, 1.82) is 0 Å². The number of nitrogens with one attached hydrogen (secondary N) is 1. The van der Waals surface area contributed by atoms with E-state index < -0.39 is 17.7 Å². The van der Waals surface area contributed by atoms with Crippen molar-refractivity contribution >= 4 is 11.6 Å². The smallest absolute Gasteiger partial charge is 0.435 e. The Bertz CT molecular complexity index is 1090. The van der Waals surface area contributed by atoms with Crippen molar-refractivity contribution in [1.82, 2.24) is 14.8 Å². The summed E-state index contributed by atoms with van der Waals surface area (Å²) in [6, 6.07) is 5.92. The Labute approximate surface area is 155 Å². The predicted molar refractivity (Wildman–Crippen MR) is 90.6 cm³/mol. The number of hydrogen-bond donors (Lipinski definition) is 1. The second kappa shape index (κ2) is 6.32. The molecular weight excluding hydrogens is 380 g/mol. The number of amides is 1. The van der Waals surface area contributed by atoms with Gasteiger partial charge in [0.25, 0.3) is 5.91 Å². The van der Waals surface area contributed by atoms with Crippen LogP contribution in [0.2, 0.25) is 0 Å². The SMILES string of the molecule is Cc1cc(F)ccc1-n1nc(C(F)(F)F)cc1-c1cc2c(cn1)OCC(=O)N2. The normalized spacial score (nSPS) is 13.7. The van der Waals surface area contributed by atoms with E-state index in [0.717, 1.165) is 16.8 Å². The van der Waals surface area contributed by atoms with Crippen molar-refractivity contribution in [2.24, 2.45) is 0 Å². The van der Waals surface area contributed by atoms with Crippen molar-refractivity contribution in [2.75, 3.05) is 11.9 Å². The van der Waals surface area contributed by atoms with E-state index in [1.807, 2.05) is 0 Å². The molecule has 1 amide bonds. The first kappa shape index (κ1) is 18.0. The molecule has 0 saturated carbocycles. The topological polar surface area (TPSA) is 69.0 Å². The van der Waals surface area contributed by atoms with Crippen LogP contribution in [-0.2, 0) is 11.0 Å². The number of hydrogen-bond acceptors (Lipinski definition) is 4. The van der Waals surface area contributed by atoms with E-state index in [4.69, 9.17) is 4.74 Å². The molecule has 0 aliphatic carbocycles. The summed E-state index contributed by atoms with van der Waals surface area (Å²) in [5, 5.41) is 6.24. The molecule has 4 rings (SSSR count). The molecule has 1 aliphatic rings. The third-order valence-corrected chi connectivity index (χ3v) is 4.15. The van der Waals surface area contributed by atoms with Gasteiger partial charge in [-0.2, -0.15) is 18.3 Å². The van der Waals surface area contributed by atoms with Crippen LogP contribution in [0.5, 0.6) is 5.75 Å². The summed E-state index contributed by atoms with van der Waals surface area (Å²) in [6.07, 6.45) is -3.37. The zero-order valence-corrected chi connectivity index (χ0v) is 14.3. The summed E-state index contributed by atoms with van der Waals surface area (Å²) >= 11 is 0. The van der Waals surface area contributed by atoms with Gasteiger partial charge in [-0.15, -0.1) is 0 Å². The number of pyridine rings is 1. The molecule has 0 atom stereocenters. The number of ether oxygens (including phenoxy) is 1. The van der Waals surface area contributed by atoms with Gasteiger partial charge in [0.05, 0.1) is 29.0 Å². The van der Waals surface area contributed by atoms with Crippen LogP contribution in [0.25, 0.3) is 17.1 Å². The highest BCUT2D eigenvalue weighted by Crippen LogP contribution is 2.36.